The van der Waals surface area contributed by atoms with Crippen LogP contribution in [0.25, 0.3) is 11.1 Å². The van der Waals surface area contributed by atoms with Gasteiger partial charge in [0.05, 0.1) is 5.56 Å². The van der Waals surface area contributed by atoms with Gasteiger partial charge in [-0.15, -0.1) is 0 Å². The highest BCUT2D eigenvalue weighted by molar-refractivity contribution is 6.09. The van der Waals surface area contributed by atoms with Crippen molar-refractivity contribution in [1.29, 1.82) is 0 Å². The van der Waals surface area contributed by atoms with Crippen LogP contribution in [0.1, 0.15) is 26.3 Å². The Hall–Kier alpha value is -3.98. The molecule has 0 atom stereocenters. The Morgan fingerprint density at radius 3 is 1.28 bits per heavy atom. The summed E-state index contributed by atoms with van der Waals surface area (Å²) in [6.45, 7) is 0. The number of hydrogen-bond acceptors (Lipinski definition) is 2. The van der Waals surface area contributed by atoms with Crippen molar-refractivity contribution >= 4 is 11.8 Å². The molecule has 0 fully saturated rings. The minimum absolute atomic E-state index is 0.0604. The van der Waals surface area contributed by atoms with Crippen molar-refractivity contribution in [3.63, 3.8) is 0 Å². The summed E-state index contributed by atoms with van der Waals surface area (Å²) in [5, 5.41) is 8.38. The number of carboxylic acids is 1. The van der Waals surface area contributed by atoms with Crippen LogP contribution in [0.4, 0.5) is 0 Å². The largest absolute Gasteiger partial charge is 0.478 e. The number of rotatable bonds is 4. The van der Waals surface area contributed by atoms with Crippen molar-refractivity contribution in [2.24, 2.45) is 0 Å². The molecule has 3 nitrogen and oxygen atoms in total. The summed E-state index contributed by atoms with van der Waals surface area (Å²) in [6, 6.07) is 35.6. The maximum absolute atomic E-state index is 12.3. The molecule has 1 N–H and O–H groups in total. The second-order valence-corrected chi connectivity index (χ2v) is 6.31. The van der Waals surface area contributed by atoms with Gasteiger partial charge in [0.25, 0.3) is 0 Å². The van der Waals surface area contributed by atoms with Gasteiger partial charge in [0, 0.05) is 11.1 Å². The number of carbonyl (C=O) groups excluding carboxylic acids is 1. The van der Waals surface area contributed by atoms with Crippen LogP contribution in [-0.4, -0.2) is 16.9 Å². The molecule has 0 heterocycles. The van der Waals surface area contributed by atoms with E-state index in [0.29, 0.717) is 5.56 Å². The third-order valence-corrected chi connectivity index (χ3v) is 4.31. The lowest BCUT2D eigenvalue weighted by Crippen LogP contribution is -2.00. The van der Waals surface area contributed by atoms with Gasteiger partial charge in [-0.1, -0.05) is 103 Å². The van der Waals surface area contributed by atoms with Gasteiger partial charge >= 0.3 is 5.97 Å². The summed E-state index contributed by atoms with van der Waals surface area (Å²) >= 11 is 0. The molecule has 0 aliphatic rings. The molecule has 4 aromatic rings. The summed E-state index contributed by atoms with van der Waals surface area (Å²) < 4.78 is 0. The van der Waals surface area contributed by atoms with Crippen LogP contribution < -0.4 is 0 Å². The average molecular weight is 380 g/mol. The quantitative estimate of drug-likeness (QED) is 0.444. The molecule has 0 saturated heterocycles. The fraction of sp³-hybridized carbons (Fsp3) is 0. The van der Waals surface area contributed by atoms with E-state index in [-0.39, 0.29) is 5.78 Å². The third kappa shape index (κ3) is 5.50. The van der Waals surface area contributed by atoms with Crippen LogP contribution in [0.15, 0.2) is 115 Å². The zero-order valence-corrected chi connectivity index (χ0v) is 15.7. The van der Waals surface area contributed by atoms with Gasteiger partial charge in [0.1, 0.15) is 0 Å². The second kappa shape index (κ2) is 9.81. The van der Waals surface area contributed by atoms with E-state index in [1.54, 1.807) is 30.3 Å². The molecule has 0 unspecified atom stereocenters. The highest BCUT2D eigenvalue weighted by atomic mass is 16.4. The number of ketones is 1. The van der Waals surface area contributed by atoms with Crippen molar-refractivity contribution in [3.05, 3.63) is 132 Å². The van der Waals surface area contributed by atoms with Crippen LogP contribution in [0.2, 0.25) is 0 Å². The van der Waals surface area contributed by atoms with Crippen molar-refractivity contribution in [2.75, 3.05) is 0 Å². The zero-order valence-electron chi connectivity index (χ0n) is 15.7. The first-order chi connectivity index (χ1) is 14.1. The smallest absolute Gasteiger partial charge is 0.335 e. The van der Waals surface area contributed by atoms with Gasteiger partial charge in [-0.25, -0.2) is 4.79 Å². The van der Waals surface area contributed by atoms with Gasteiger partial charge in [-0.2, -0.15) is 0 Å². The van der Waals surface area contributed by atoms with E-state index in [4.69, 9.17) is 5.11 Å². The maximum atomic E-state index is 12.3. The lowest BCUT2D eigenvalue weighted by Gasteiger charge is -2.04. The molecular weight excluding hydrogens is 360 g/mol. The van der Waals surface area contributed by atoms with Crippen LogP contribution in [0.5, 0.6) is 0 Å². The highest BCUT2D eigenvalue weighted by Crippen LogP contribution is 2.20. The summed E-state index contributed by atoms with van der Waals surface area (Å²) in [6.07, 6.45) is 0. The number of hydrogen-bond donors (Lipinski definition) is 1. The first-order valence-corrected chi connectivity index (χ1v) is 9.19. The van der Waals surface area contributed by atoms with E-state index >= 15 is 0 Å². The Labute approximate surface area is 169 Å². The molecule has 0 aromatic heterocycles. The van der Waals surface area contributed by atoms with Gasteiger partial charge in [0.15, 0.2) is 5.78 Å². The Kier molecular flexibility index (Phi) is 6.69. The standard InChI is InChI=1S/C19H14O.C7H6O2/c20-19(17-9-5-2-6-10-17)18-13-11-16(12-14-18)15-7-3-1-4-8-15;8-7(9)6-4-2-1-3-5-6/h1-14H;1-5H,(H,8,9). The van der Waals surface area contributed by atoms with E-state index in [0.717, 1.165) is 22.3 Å². The summed E-state index contributed by atoms with van der Waals surface area (Å²) in [4.78, 5) is 22.5. The van der Waals surface area contributed by atoms with Crippen molar-refractivity contribution < 1.29 is 14.7 Å². The minimum Gasteiger partial charge on any atom is -0.478 e. The first kappa shape index (κ1) is 19.8. The SMILES string of the molecule is O=C(O)c1ccccc1.O=C(c1ccccc1)c1ccc(-c2ccccc2)cc1. The fourth-order valence-corrected chi connectivity index (χ4v) is 2.78. The lowest BCUT2D eigenvalue weighted by molar-refractivity contribution is 0.0696. The van der Waals surface area contributed by atoms with E-state index in [2.05, 4.69) is 12.1 Å². The maximum Gasteiger partial charge on any atom is 0.335 e. The van der Waals surface area contributed by atoms with Gasteiger partial charge in [-0.05, 0) is 23.3 Å². The molecule has 0 spiro atoms. The predicted molar refractivity (Wildman–Crippen MR) is 115 cm³/mol. The molecule has 0 bridgehead atoms. The topological polar surface area (TPSA) is 54.4 Å². The summed E-state index contributed by atoms with van der Waals surface area (Å²) in [5.41, 5.74) is 4.05. The van der Waals surface area contributed by atoms with Gasteiger partial charge in [0.2, 0.25) is 0 Å². The van der Waals surface area contributed by atoms with Gasteiger partial charge in [-0.3, -0.25) is 4.79 Å². The second-order valence-electron chi connectivity index (χ2n) is 6.31. The Morgan fingerprint density at radius 2 is 0.828 bits per heavy atom. The number of carboxylic acid groups (broad SMARTS) is 1. The molecule has 0 aliphatic carbocycles. The van der Waals surface area contributed by atoms with E-state index in [1.165, 1.54) is 0 Å². The van der Waals surface area contributed by atoms with E-state index in [9.17, 15) is 9.59 Å². The van der Waals surface area contributed by atoms with Crippen LogP contribution >= 0.6 is 0 Å². The average Bonchev–Trinajstić information content (AvgIpc) is 2.81. The van der Waals surface area contributed by atoms with Crippen LogP contribution in [0.3, 0.4) is 0 Å². The Morgan fingerprint density at radius 1 is 0.448 bits per heavy atom. The monoisotopic (exact) mass is 380 g/mol. The van der Waals surface area contributed by atoms with Crippen molar-refractivity contribution in [3.8, 4) is 11.1 Å². The Bertz CT molecular complexity index is 1060. The van der Waals surface area contributed by atoms with Crippen LogP contribution in [-0.2, 0) is 0 Å². The number of benzene rings is 4. The van der Waals surface area contributed by atoms with E-state index < -0.39 is 5.97 Å². The summed E-state index contributed by atoms with van der Waals surface area (Å²) in [5.74, 6) is -0.819. The molecule has 29 heavy (non-hydrogen) atoms. The molecular formula is C26H20O3. The van der Waals surface area contributed by atoms with Gasteiger partial charge < -0.3 is 5.11 Å². The van der Waals surface area contributed by atoms with Crippen molar-refractivity contribution in [2.45, 2.75) is 0 Å². The minimum atomic E-state index is -0.879. The number of carbonyl (C=O) groups is 2. The third-order valence-electron chi connectivity index (χ3n) is 4.31. The molecule has 0 aliphatic heterocycles. The summed E-state index contributed by atoms with van der Waals surface area (Å²) in [7, 11) is 0. The molecule has 0 amide bonds. The first-order valence-electron chi connectivity index (χ1n) is 9.19. The normalized spacial score (nSPS) is 9.79. The molecule has 142 valence electrons. The molecule has 0 radical (unpaired) electrons. The van der Waals surface area contributed by atoms with Crippen molar-refractivity contribution in [1.82, 2.24) is 0 Å². The van der Waals surface area contributed by atoms with E-state index in [1.807, 2.05) is 72.8 Å². The molecule has 4 aromatic carbocycles. The number of aromatic carboxylic acids is 1. The highest BCUT2D eigenvalue weighted by Gasteiger charge is 2.08. The molecule has 0 saturated carbocycles. The Balaban J connectivity index is 0.000000224. The lowest BCUT2D eigenvalue weighted by atomic mass is 9.99. The molecule has 3 heteroatoms. The fourth-order valence-electron chi connectivity index (χ4n) is 2.78. The molecule has 4 rings (SSSR count). The zero-order chi connectivity index (χ0) is 20.5. The van der Waals surface area contributed by atoms with Crippen LogP contribution in [0, 0.1) is 0 Å². The predicted octanol–water partition coefficient (Wildman–Crippen LogP) is 5.97.